The molecule has 2 aromatic rings. The van der Waals surface area contributed by atoms with Crippen molar-refractivity contribution in [2.24, 2.45) is 0 Å². The molecule has 0 spiro atoms. The van der Waals surface area contributed by atoms with Crippen LogP contribution in [0.25, 0.3) is 6.08 Å². The van der Waals surface area contributed by atoms with Crippen LogP contribution >= 0.6 is 0 Å². The lowest BCUT2D eigenvalue weighted by Gasteiger charge is -2.02. The zero-order valence-corrected chi connectivity index (χ0v) is 10.5. The summed E-state index contributed by atoms with van der Waals surface area (Å²) in [6, 6.07) is 7.15. The molecular formula is C14H14N2O3. The van der Waals surface area contributed by atoms with Gasteiger partial charge in [0.25, 0.3) is 0 Å². The minimum absolute atomic E-state index is 0.677. The molecule has 0 aliphatic rings. The molecule has 0 aliphatic carbocycles. The van der Waals surface area contributed by atoms with Crippen molar-refractivity contribution in [1.29, 1.82) is 0 Å². The molecule has 0 aliphatic heterocycles. The standard InChI is InChI=1S/C14H14N2O3/c1-2-16-10-13(9-15-16)19-12-6-3-11(4-7-12)5-8-14(17)18/h3-10H,2H2,1H3,(H,17,18)/b8-5+. The highest BCUT2D eigenvalue weighted by molar-refractivity contribution is 5.85. The number of aryl methyl sites for hydroxylation is 1. The van der Waals surface area contributed by atoms with Crippen molar-refractivity contribution in [1.82, 2.24) is 9.78 Å². The van der Waals surface area contributed by atoms with Gasteiger partial charge in [0, 0.05) is 12.6 Å². The molecule has 5 nitrogen and oxygen atoms in total. The van der Waals surface area contributed by atoms with E-state index in [0.29, 0.717) is 11.5 Å². The highest BCUT2D eigenvalue weighted by atomic mass is 16.5. The van der Waals surface area contributed by atoms with E-state index in [1.165, 1.54) is 6.08 Å². The zero-order valence-electron chi connectivity index (χ0n) is 10.5. The van der Waals surface area contributed by atoms with Crippen LogP contribution in [-0.4, -0.2) is 20.9 Å². The minimum Gasteiger partial charge on any atom is -0.478 e. The monoisotopic (exact) mass is 258 g/mol. The van der Waals surface area contributed by atoms with Gasteiger partial charge in [-0.2, -0.15) is 5.10 Å². The Bertz CT molecular complexity index is 585. The number of nitrogens with zero attached hydrogens (tertiary/aromatic N) is 2. The normalized spacial score (nSPS) is 10.8. The third-order valence-corrected chi connectivity index (χ3v) is 2.47. The fourth-order valence-electron chi connectivity index (χ4n) is 1.52. The maximum Gasteiger partial charge on any atom is 0.328 e. The third-order valence-electron chi connectivity index (χ3n) is 2.47. The Hall–Kier alpha value is -2.56. The molecule has 0 bridgehead atoms. The molecule has 0 amide bonds. The van der Waals surface area contributed by atoms with E-state index in [0.717, 1.165) is 18.2 Å². The number of carbonyl (C=O) groups is 1. The summed E-state index contributed by atoms with van der Waals surface area (Å²) in [5.41, 5.74) is 0.805. The number of rotatable bonds is 5. The fraction of sp³-hybridized carbons (Fsp3) is 0.143. The summed E-state index contributed by atoms with van der Waals surface area (Å²) < 4.78 is 7.39. The Morgan fingerprint density at radius 1 is 1.37 bits per heavy atom. The average molecular weight is 258 g/mol. The molecule has 1 aromatic heterocycles. The van der Waals surface area contributed by atoms with Gasteiger partial charge in [-0.3, -0.25) is 4.68 Å². The molecule has 19 heavy (non-hydrogen) atoms. The zero-order chi connectivity index (χ0) is 13.7. The van der Waals surface area contributed by atoms with Gasteiger partial charge in [-0.1, -0.05) is 12.1 Å². The van der Waals surface area contributed by atoms with Gasteiger partial charge in [0.05, 0.1) is 12.4 Å². The molecule has 1 N–H and O–H groups in total. The van der Waals surface area contributed by atoms with E-state index < -0.39 is 5.97 Å². The van der Waals surface area contributed by atoms with Crippen molar-refractivity contribution >= 4 is 12.0 Å². The molecule has 2 rings (SSSR count). The summed E-state index contributed by atoms with van der Waals surface area (Å²) in [7, 11) is 0. The summed E-state index contributed by atoms with van der Waals surface area (Å²) in [6.07, 6.45) is 6.10. The summed E-state index contributed by atoms with van der Waals surface area (Å²) >= 11 is 0. The molecule has 0 saturated heterocycles. The topological polar surface area (TPSA) is 64.3 Å². The molecular weight excluding hydrogens is 244 g/mol. The number of carboxylic acid groups (broad SMARTS) is 1. The first-order valence-corrected chi connectivity index (χ1v) is 5.89. The van der Waals surface area contributed by atoms with Gasteiger partial charge in [-0.15, -0.1) is 0 Å². The van der Waals surface area contributed by atoms with E-state index in [1.807, 2.05) is 13.1 Å². The Kier molecular flexibility index (Phi) is 3.97. The van der Waals surface area contributed by atoms with Gasteiger partial charge in [0.2, 0.25) is 0 Å². The maximum atomic E-state index is 10.4. The number of aromatic nitrogens is 2. The van der Waals surface area contributed by atoms with E-state index in [1.54, 1.807) is 35.1 Å². The smallest absolute Gasteiger partial charge is 0.328 e. The second kappa shape index (κ2) is 5.86. The van der Waals surface area contributed by atoms with Crippen LogP contribution in [0.15, 0.2) is 42.7 Å². The van der Waals surface area contributed by atoms with Gasteiger partial charge >= 0.3 is 5.97 Å². The van der Waals surface area contributed by atoms with Crippen molar-refractivity contribution in [3.05, 3.63) is 48.3 Å². The predicted octanol–water partition coefficient (Wildman–Crippen LogP) is 2.79. The Labute approximate surface area is 110 Å². The van der Waals surface area contributed by atoms with Gasteiger partial charge < -0.3 is 9.84 Å². The second-order valence-corrected chi connectivity index (χ2v) is 3.87. The lowest BCUT2D eigenvalue weighted by molar-refractivity contribution is -0.131. The summed E-state index contributed by atoms with van der Waals surface area (Å²) in [4.78, 5) is 10.4. The van der Waals surface area contributed by atoms with Crippen LogP contribution in [0, 0.1) is 0 Å². The number of carboxylic acids is 1. The number of aliphatic carboxylic acids is 1. The number of hydrogen-bond donors (Lipinski definition) is 1. The highest BCUT2D eigenvalue weighted by Crippen LogP contribution is 2.21. The van der Waals surface area contributed by atoms with Gasteiger partial charge in [0.1, 0.15) is 5.75 Å². The highest BCUT2D eigenvalue weighted by Gasteiger charge is 2.00. The molecule has 1 heterocycles. The van der Waals surface area contributed by atoms with Gasteiger partial charge in [-0.25, -0.2) is 4.79 Å². The van der Waals surface area contributed by atoms with Crippen LogP contribution in [0.3, 0.4) is 0 Å². The van der Waals surface area contributed by atoms with E-state index in [9.17, 15) is 4.79 Å². The summed E-state index contributed by atoms with van der Waals surface area (Å²) in [5.74, 6) is 0.395. The van der Waals surface area contributed by atoms with Crippen molar-refractivity contribution in [3.8, 4) is 11.5 Å². The maximum absolute atomic E-state index is 10.4. The predicted molar refractivity (Wildman–Crippen MR) is 71.1 cm³/mol. The van der Waals surface area contributed by atoms with E-state index in [2.05, 4.69) is 5.10 Å². The van der Waals surface area contributed by atoms with Crippen molar-refractivity contribution in [3.63, 3.8) is 0 Å². The first kappa shape index (κ1) is 12.9. The van der Waals surface area contributed by atoms with Crippen LogP contribution in [0.5, 0.6) is 11.5 Å². The van der Waals surface area contributed by atoms with Crippen LogP contribution in [0.2, 0.25) is 0 Å². The molecule has 98 valence electrons. The average Bonchev–Trinajstić information content (AvgIpc) is 2.85. The molecule has 0 unspecified atom stereocenters. The van der Waals surface area contributed by atoms with E-state index >= 15 is 0 Å². The van der Waals surface area contributed by atoms with Gasteiger partial charge in [0.15, 0.2) is 5.75 Å². The van der Waals surface area contributed by atoms with Crippen molar-refractivity contribution in [2.45, 2.75) is 13.5 Å². The first-order chi connectivity index (χ1) is 9.17. The Balaban J connectivity index is 2.04. The van der Waals surface area contributed by atoms with Crippen LogP contribution in [-0.2, 0) is 11.3 Å². The molecule has 0 saturated carbocycles. The largest absolute Gasteiger partial charge is 0.478 e. The number of hydrogen-bond acceptors (Lipinski definition) is 3. The number of ether oxygens (including phenoxy) is 1. The summed E-state index contributed by atoms with van der Waals surface area (Å²) in [5, 5.41) is 12.6. The lowest BCUT2D eigenvalue weighted by Crippen LogP contribution is -1.92. The quantitative estimate of drug-likeness (QED) is 0.837. The third kappa shape index (κ3) is 3.70. The summed E-state index contributed by atoms with van der Waals surface area (Å²) in [6.45, 7) is 2.79. The molecule has 1 aromatic carbocycles. The molecule has 0 radical (unpaired) electrons. The SMILES string of the molecule is CCn1cc(Oc2ccc(/C=C/C(=O)O)cc2)cn1. The van der Waals surface area contributed by atoms with Gasteiger partial charge in [-0.05, 0) is 30.7 Å². The second-order valence-electron chi connectivity index (χ2n) is 3.87. The molecule has 0 atom stereocenters. The van der Waals surface area contributed by atoms with Crippen LogP contribution in [0.1, 0.15) is 12.5 Å². The molecule has 5 heteroatoms. The molecule has 0 fully saturated rings. The van der Waals surface area contributed by atoms with Crippen LogP contribution < -0.4 is 4.74 Å². The van der Waals surface area contributed by atoms with Crippen molar-refractivity contribution < 1.29 is 14.6 Å². The minimum atomic E-state index is -0.965. The first-order valence-electron chi connectivity index (χ1n) is 5.89. The van der Waals surface area contributed by atoms with Crippen LogP contribution in [0.4, 0.5) is 0 Å². The van der Waals surface area contributed by atoms with E-state index in [4.69, 9.17) is 9.84 Å². The fourth-order valence-corrected chi connectivity index (χ4v) is 1.52. The Morgan fingerprint density at radius 3 is 2.68 bits per heavy atom. The lowest BCUT2D eigenvalue weighted by atomic mass is 10.2. The van der Waals surface area contributed by atoms with Crippen molar-refractivity contribution in [2.75, 3.05) is 0 Å². The Morgan fingerprint density at radius 2 is 2.11 bits per heavy atom. The van der Waals surface area contributed by atoms with E-state index in [-0.39, 0.29) is 0 Å². The number of benzene rings is 1.